The Morgan fingerprint density at radius 2 is 2.25 bits per heavy atom. The van der Waals surface area contributed by atoms with Gasteiger partial charge >= 0.3 is 0 Å². The van der Waals surface area contributed by atoms with Crippen molar-refractivity contribution in [2.75, 3.05) is 5.32 Å². The Morgan fingerprint density at radius 1 is 1.55 bits per heavy atom. The molecule has 1 unspecified atom stereocenters. The van der Waals surface area contributed by atoms with E-state index in [2.05, 4.69) is 36.4 Å². The second-order valence-electron chi connectivity index (χ2n) is 6.00. The topological polar surface area (TPSA) is 80.1 Å². The van der Waals surface area contributed by atoms with E-state index in [9.17, 15) is 10.1 Å². The predicted molar refractivity (Wildman–Crippen MR) is 79.6 cm³/mol. The van der Waals surface area contributed by atoms with Gasteiger partial charge in [0.2, 0.25) is 0 Å². The lowest BCUT2D eigenvalue weighted by molar-refractivity contribution is -0.403. The van der Waals surface area contributed by atoms with E-state index < -0.39 is 4.92 Å². The number of rotatable bonds is 6. The first-order chi connectivity index (χ1) is 9.26. The first-order valence-electron chi connectivity index (χ1n) is 6.55. The quantitative estimate of drug-likeness (QED) is 0.617. The lowest BCUT2D eigenvalue weighted by Crippen LogP contribution is -2.32. The number of aromatic nitrogens is 1. The largest absolute Gasteiger partial charge is 0.364 e. The summed E-state index contributed by atoms with van der Waals surface area (Å²) in [6, 6.07) is 3.69. The molecule has 1 rings (SSSR count). The van der Waals surface area contributed by atoms with Crippen LogP contribution in [0, 0.1) is 15.5 Å². The minimum Gasteiger partial charge on any atom is -0.364 e. The van der Waals surface area contributed by atoms with Crippen molar-refractivity contribution in [3.05, 3.63) is 46.7 Å². The SMILES string of the molecule is CC(CC(C)(C)C)N/C(=C\[N+](=O)[O-])Nc1cccnc1. The number of pyridine rings is 1. The maximum atomic E-state index is 10.7. The third-order valence-corrected chi connectivity index (χ3v) is 2.50. The van der Waals surface area contributed by atoms with Crippen molar-refractivity contribution in [2.24, 2.45) is 5.41 Å². The van der Waals surface area contributed by atoms with Crippen LogP contribution in [-0.2, 0) is 0 Å². The van der Waals surface area contributed by atoms with Gasteiger partial charge in [-0.25, -0.2) is 0 Å². The van der Waals surface area contributed by atoms with Crippen molar-refractivity contribution in [1.82, 2.24) is 10.3 Å². The zero-order valence-electron chi connectivity index (χ0n) is 12.4. The Morgan fingerprint density at radius 3 is 2.75 bits per heavy atom. The van der Waals surface area contributed by atoms with Crippen molar-refractivity contribution < 1.29 is 4.92 Å². The monoisotopic (exact) mass is 278 g/mol. The standard InChI is InChI=1S/C14H22N4O2/c1-11(8-14(2,3)4)16-13(10-18(19)20)17-12-6-5-7-15-9-12/h5-7,9-11,16-17H,8H2,1-4H3/b13-10+. The highest BCUT2D eigenvalue weighted by Crippen LogP contribution is 2.21. The van der Waals surface area contributed by atoms with Gasteiger partial charge in [0, 0.05) is 12.2 Å². The number of nitro groups is 1. The number of nitrogens with one attached hydrogen (secondary N) is 2. The maximum absolute atomic E-state index is 10.7. The molecular formula is C14H22N4O2. The molecule has 2 N–H and O–H groups in total. The van der Waals surface area contributed by atoms with Gasteiger partial charge in [-0.3, -0.25) is 15.1 Å². The van der Waals surface area contributed by atoms with Crippen molar-refractivity contribution in [3.8, 4) is 0 Å². The Kier molecular flexibility index (Phi) is 5.49. The number of hydrogen-bond acceptors (Lipinski definition) is 5. The summed E-state index contributed by atoms with van der Waals surface area (Å²) in [6.07, 6.45) is 5.10. The van der Waals surface area contributed by atoms with Crippen molar-refractivity contribution in [2.45, 2.75) is 40.2 Å². The smallest absolute Gasteiger partial charge is 0.274 e. The molecule has 20 heavy (non-hydrogen) atoms. The van der Waals surface area contributed by atoms with E-state index in [1.54, 1.807) is 24.5 Å². The van der Waals surface area contributed by atoms with Gasteiger partial charge in [0.1, 0.15) is 0 Å². The van der Waals surface area contributed by atoms with Gasteiger partial charge in [0.05, 0.1) is 16.8 Å². The van der Waals surface area contributed by atoms with Crippen LogP contribution >= 0.6 is 0 Å². The summed E-state index contributed by atoms with van der Waals surface area (Å²) in [6.45, 7) is 8.41. The molecule has 0 aliphatic rings. The molecule has 1 aromatic rings. The van der Waals surface area contributed by atoms with E-state index >= 15 is 0 Å². The lowest BCUT2D eigenvalue weighted by Gasteiger charge is -2.25. The van der Waals surface area contributed by atoms with E-state index in [-0.39, 0.29) is 11.5 Å². The van der Waals surface area contributed by atoms with E-state index in [0.29, 0.717) is 11.5 Å². The van der Waals surface area contributed by atoms with Crippen LogP contribution in [0.2, 0.25) is 0 Å². The molecule has 0 aliphatic carbocycles. The summed E-state index contributed by atoms with van der Waals surface area (Å²) in [5.41, 5.74) is 0.858. The van der Waals surface area contributed by atoms with E-state index in [0.717, 1.165) is 12.6 Å². The second kappa shape index (κ2) is 6.88. The molecule has 6 heteroatoms. The molecule has 0 bridgehead atoms. The first-order valence-corrected chi connectivity index (χ1v) is 6.55. The molecule has 0 saturated heterocycles. The third-order valence-electron chi connectivity index (χ3n) is 2.50. The number of hydrogen-bond donors (Lipinski definition) is 2. The molecule has 0 fully saturated rings. The zero-order valence-corrected chi connectivity index (χ0v) is 12.4. The van der Waals surface area contributed by atoms with Gasteiger partial charge in [0.25, 0.3) is 6.20 Å². The lowest BCUT2D eigenvalue weighted by atomic mass is 9.89. The molecule has 0 aliphatic heterocycles. The summed E-state index contributed by atoms with van der Waals surface area (Å²) < 4.78 is 0. The van der Waals surface area contributed by atoms with E-state index in [4.69, 9.17) is 0 Å². The molecule has 110 valence electrons. The fraction of sp³-hybridized carbons (Fsp3) is 0.500. The molecule has 6 nitrogen and oxygen atoms in total. The minimum absolute atomic E-state index is 0.116. The minimum atomic E-state index is -0.477. The summed E-state index contributed by atoms with van der Waals surface area (Å²) in [4.78, 5) is 14.2. The van der Waals surface area contributed by atoms with E-state index in [1.165, 1.54) is 0 Å². The fourth-order valence-corrected chi connectivity index (χ4v) is 2.04. The van der Waals surface area contributed by atoms with Crippen molar-refractivity contribution >= 4 is 5.69 Å². The Hall–Kier alpha value is -2.11. The molecular weight excluding hydrogens is 256 g/mol. The van der Waals surface area contributed by atoms with Gasteiger partial charge in [0.15, 0.2) is 5.82 Å². The van der Waals surface area contributed by atoms with Crippen LogP contribution in [0.15, 0.2) is 36.5 Å². The highest BCUT2D eigenvalue weighted by molar-refractivity contribution is 5.44. The zero-order chi connectivity index (χ0) is 15.2. The van der Waals surface area contributed by atoms with Gasteiger partial charge in [-0.05, 0) is 30.9 Å². The van der Waals surface area contributed by atoms with Gasteiger partial charge in [-0.1, -0.05) is 20.8 Å². The van der Waals surface area contributed by atoms with Crippen LogP contribution in [0.25, 0.3) is 0 Å². The van der Waals surface area contributed by atoms with Crippen LogP contribution in [0.3, 0.4) is 0 Å². The Bertz CT molecular complexity index is 466. The first kappa shape index (κ1) is 15.9. The summed E-state index contributed by atoms with van der Waals surface area (Å²) in [5, 5.41) is 16.8. The Balaban J connectivity index is 2.73. The molecule has 0 spiro atoms. The fourth-order valence-electron chi connectivity index (χ4n) is 2.04. The highest BCUT2D eigenvalue weighted by Gasteiger charge is 2.16. The van der Waals surface area contributed by atoms with Gasteiger partial charge in [-0.2, -0.15) is 0 Å². The van der Waals surface area contributed by atoms with E-state index in [1.807, 2.05) is 6.92 Å². The molecule has 1 heterocycles. The second-order valence-corrected chi connectivity index (χ2v) is 6.00. The van der Waals surface area contributed by atoms with Crippen LogP contribution in [0.4, 0.5) is 5.69 Å². The Labute approximate surface area is 119 Å². The van der Waals surface area contributed by atoms with Crippen molar-refractivity contribution in [3.63, 3.8) is 0 Å². The molecule has 1 atom stereocenters. The average Bonchev–Trinajstić information content (AvgIpc) is 2.26. The molecule has 0 amide bonds. The number of nitrogens with zero attached hydrogens (tertiary/aromatic N) is 2. The maximum Gasteiger partial charge on any atom is 0.274 e. The highest BCUT2D eigenvalue weighted by atomic mass is 16.6. The molecule has 0 radical (unpaired) electrons. The third kappa shape index (κ3) is 6.72. The summed E-state index contributed by atoms with van der Waals surface area (Å²) in [7, 11) is 0. The predicted octanol–water partition coefficient (Wildman–Crippen LogP) is 2.98. The van der Waals surface area contributed by atoms with Crippen LogP contribution in [0.5, 0.6) is 0 Å². The van der Waals surface area contributed by atoms with Crippen LogP contribution < -0.4 is 10.6 Å². The van der Waals surface area contributed by atoms with Gasteiger partial charge < -0.3 is 10.6 Å². The molecule has 0 saturated carbocycles. The summed E-state index contributed by atoms with van der Waals surface area (Å²) >= 11 is 0. The average molecular weight is 278 g/mol. The van der Waals surface area contributed by atoms with Gasteiger partial charge in [-0.15, -0.1) is 0 Å². The van der Waals surface area contributed by atoms with Crippen LogP contribution in [0.1, 0.15) is 34.1 Å². The molecule has 0 aromatic carbocycles. The van der Waals surface area contributed by atoms with Crippen LogP contribution in [-0.4, -0.2) is 15.9 Å². The molecule has 1 aromatic heterocycles. The normalized spacial score (nSPS) is 13.7. The number of anilines is 1. The summed E-state index contributed by atoms with van der Waals surface area (Å²) in [5.74, 6) is 0.361. The van der Waals surface area contributed by atoms with Crippen molar-refractivity contribution in [1.29, 1.82) is 0 Å².